The molecule has 0 amide bonds. The van der Waals surface area contributed by atoms with Crippen molar-refractivity contribution in [3.63, 3.8) is 0 Å². The predicted molar refractivity (Wildman–Crippen MR) is 110 cm³/mol. The molecule has 4 rings (SSSR count). The number of hydrogen-bond donors (Lipinski definition) is 0. The zero-order valence-corrected chi connectivity index (χ0v) is 14.7. The third-order valence-electron chi connectivity index (χ3n) is 4.40. The van der Waals surface area contributed by atoms with Gasteiger partial charge >= 0.3 is 5.97 Å². The van der Waals surface area contributed by atoms with Gasteiger partial charge in [-0.3, -0.25) is 0 Å². The number of hydrogen-bond acceptors (Lipinski definition) is 2. The van der Waals surface area contributed by atoms with Crippen LogP contribution in [0.4, 0.5) is 0 Å². The summed E-state index contributed by atoms with van der Waals surface area (Å²) in [5.74, 6) is 0.137. The molecule has 130 valence electrons. The molecule has 2 heteroatoms. The number of fused-ring (bicyclic) bond motifs is 1. The van der Waals surface area contributed by atoms with Crippen molar-refractivity contribution in [2.24, 2.45) is 0 Å². The maximum Gasteiger partial charge on any atom is 0.336 e. The van der Waals surface area contributed by atoms with Crippen molar-refractivity contribution >= 4 is 22.8 Å². The Labute approximate surface area is 158 Å². The van der Waals surface area contributed by atoms with Gasteiger partial charge in [-0.15, -0.1) is 0 Å². The summed E-state index contributed by atoms with van der Waals surface area (Å²) in [4.78, 5) is 12.2. The number of rotatable bonds is 4. The summed E-state index contributed by atoms with van der Waals surface area (Å²) in [5, 5.41) is 2.25. The molecule has 2 nitrogen and oxygen atoms in total. The minimum Gasteiger partial charge on any atom is -0.423 e. The zero-order valence-electron chi connectivity index (χ0n) is 14.7. The van der Waals surface area contributed by atoms with Crippen molar-refractivity contribution in [1.29, 1.82) is 0 Å². The van der Waals surface area contributed by atoms with Gasteiger partial charge in [0.1, 0.15) is 5.75 Å². The molecule has 0 bridgehead atoms. The molecular formula is C25H18O2. The fourth-order valence-electron chi connectivity index (χ4n) is 3.05. The molecule has 0 aliphatic rings. The molecule has 0 saturated carbocycles. The van der Waals surface area contributed by atoms with Gasteiger partial charge in [0, 0.05) is 6.08 Å². The molecule has 0 N–H and O–H groups in total. The van der Waals surface area contributed by atoms with Crippen molar-refractivity contribution in [3.8, 4) is 16.9 Å². The van der Waals surface area contributed by atoms with E-state index in [2.05, 4.69) is 12.1 Å². The highest BCUT2D eigenvalue weighted by atomic mass is 16.5. The van der Waals surface area contributed by atoms with Gasteiger partial charge in [0.25, 0.3) is 0 Å². The maximum atomic E-state index is 12.2. The average molecular weight is 350 g/mol. The molecule has 0 saturated heterocycles. The summed E-state index contributed by atoms with van der Waals surface area (Å²) in [6.07, 6.45) is 3.26. The Morgan fingerprint density at radius 1 is 0.667 bits per heavy atom. The van der Waals surface area contributed by atoms with E-state index in [9.17, 15) is 4.79 Å². The van der Waals surface area contributed by atoms with Gasteiger partial charge in [0.05, 0.1) is 0 Å². The summed E-state index contributed by atoms with van der Waals surface area (Å²) in [5.41, 5.74) is 3.21. The lowest BCUT2D eigenvalue weighted by Gasteiger charge is -2.05. The maximum absolute atomic E-state index is 12.2. The van der Waals surface area contributed by atoms with Gasteiger partial charge in [-0.25, -0.2) is 4.79 Å². The fourth-order valence-corrected chi connectivity index (χ4v) is 3.05. The number of esters is 1. The van der Waals surface area contributed by atoms with E-state index in [1.807, 2.05) is 84.9 Å². The van der Waals surface area contributed by atoms with Crippen LogP contribution < -0.4 is 4.74 Å². The molecule has 0 fully saturated rings. The molecular weight excluding hydrogens is 332 g/mol. The van der Waals surface area contributed by atoms with Crippen molar-refractivity contribution in [2.75, 3.05) is 0 Å². The van der Waals surface area contributed by atoms with E-state index in [0.717, 1.165) is 27.5 Å². The van der Waals surface area contributed by atoms with Gasteiger partial charge in [-0.1, -0.05) is 84.9 Å². The van der Waals surface area contributed by atoms with Crippen LogP contribution in [0.1, 0.15) is 5.56 Å². The molecule has 4 aromatic rings. The molecule has 0 aliphatic heterocycles. The Morgan fingerprint density at radius 2 is 1.33 bits per heavy atom. The monoisotopic (exact) mass is 350 g/mol. The zero-order chi connectivity index (χ0) is 18.5. The third-order valence-corrected chi connectivity index (χ3v) is 4.40. The summed E-state index contributed by atoms with van der Waals surface area (Å²) in [7, 11) is 0. The molecule has 0 heterocycles. The average Bonchev–Trinajstić information content (AvgIpc) is 2.73. The molecule has 0 aliphatic carbocycles. The van der Waals surface area contributed by atoms with E-state index in [0.29, 0.717) is 5.75 Å². The lowest BCUT2D eigenvalue weighted by Crippen LogP contribution is -2.03. The van der Waals surface area contributed by atoms with E-state index < -0.39 is 5.97 Å². The predicted octanol–water partition coefficient (Wildman–Crippen LogP) is 6.13. The quantitative estimate of drug-likeness (QED) is 0.251. The summed E-state index contributed by atoms with van der Waals surface area (Å²) >= 11 is 0. The lowest BCUT2D eigenvalue weighted by atomic mass is 10.0. The highest BCUT2D eigenvalue weighted by Gasteiger charge is 2.03. The van der Waals surface area contributed by atoms with Crippen LogP contribution in [0.5, 0.6) is 5.75 Å². The lowest BCUT2D eigenvalue weighted by molar-refractivity contribution is -0.128. The standard InChI is InChI=1S/C25H18O2/c26-25(18-15-22-11-6-10-21-9-4-5-12-24(21)22)27-23-16-13-20(14-17-23)19-7-2-1-3-8-19/h1-18H. The molecule has 0 aromatic heterocycles. The van der Waals surface area contributed by atoms with E-state index in [4.69, 9.17) is 4.74 Å². The molecule has 0 spiro atoms. The topological polar surface area (TPSA) is 26.3 Å². The van der Waals surface area contributed by atoms with Crippen molar-refractivity contribution in [1.82, 2.24) is 0 Å². The Bertz CT molecular complexity index is 1090. The first-order valence-electron chi connectivity index (χ1n) is 8.83. The van der Waals surface area contributed by atoms with Crippen LogP contribution in [0.2, 0.25) is 0 Å². The minimum atomic E-state index is -0.393. The Morgan fingerprint density at radius 3 is 2.15 bits per heavy atom. The van der Waals surface area contributed by atoms with Crippen LogP contribution in [-0.2, 0) is 4.79 Å². The van der Waals surface area contributed by atoms with Crippen LogP contribution in [0, 0.1) is 0 Å². The normalized spacial score (nSPS) is 11.0. The van der Waals surface area contributed by atoms with Crippen LogP contribution in [0.25, 0.3) is 28.0 Å². The molecule has 4 aromatic carbocycles. The van der Waals surface area contributed by atoms with E-state index in [1.165, 1.54) is 6.08 Å². The van der Waals surface area contributed by atoms with Crippen LogP contribution in [-0.4, -0.2) is 5.97 Å². The highest BCUT2D eigenvalue weighted by molar-refractivity contribution is 5.95. The van der Waals surface area contributed by atoms with Gasteiger partial charge < -0.3 is 4.74 Å². The van der Waals surface area contributed by atoms with Crippen molar-refractivity contribution in [3.05, 3.63) is 109 Å². The van der Waals surface area contributed by atoms with Crippen molar-refractivity contribution < 1.29 is 9.53 Å². The Hall–Kier alpha value is -3.65. The van der Waals surface area contributed by atoms with Gasteiger partial charge in [0.2, 0.25) is 0 Å². The van der Waals surface area contributed by atoms with Crippen LogP contribution >= 0.6 is 0 Å². The van der Waals surface area contributed by atoms with Gasteiger partial charge in [-0.05, 0) is 45.7 Å². The second-order valence-corrected chi connectivity index (χ2v) is 6.21. The van der Waals surface area contributed by atoms with Crippen LogP contribution in [0.15, 0.2) is 103 Å². The summed E-state index contributed by atoms with van der Waals surface area (Å²) in [6, 6.07) is 31.7. The first-order chi connectivity index (χ1) is 13.3. The SMILES string of the molecule is O=C(C=Cc1cccc2ccccc12)Oc1ccc(-c2ccccc2)cc1. The molecule has 0 radical (unpaired) electrons. The fraction of sp³-hybridized carbons (Fsp3) is 0. The number of carbonyl (C=O) groups excluding carboxylic acids is 1. The summed E-state index contributed by atoms with van der Waals surface area (Å²) in [6.45, 7) is 0. The van der Waals surface area contributed by atoms with Crippen molar-refractivity contribution in [2.45, 2.75) is 0 Å². The second kappa shape index (κ2) is 7.71. The largest absolute Gasteiger partial charge is 0.423 e. The highest BCUT2D eigenvalue weighted by Crippen LogP contribution is 2.23. The first kappa shape index (κ1) is 16.8. The van der Waals surface area contributed by atoms with Crippen LogP contribution in [0.3, 0.4) is 0 Å². The minimum absolute atomic E-state index is 0.393. The van der Waals surface area contributed by atoms with E-state index >= 15 is 0 Å². The van der Waals surface area contributed by atoms with Gasteiger partial charge in [0.15, 0.2) is 0 Å². The van der Waals surface area contributed by atoms with Gasteiger partial charge in [-0.2, -0.15) is 0 Å². The van der Waals surface area contributed by atoms with E-state index in [-0.39, 0.29) is 0 Å². The Balaban J connectivity index is 1.47. The Kier molecular flexibility index (Phi) is 4.80. The van der Waals surface area contributed by atoms with E-state index in [1.54, 1.807) is 6.08 Å². The number of carbonyl (C=O) groups is 1. The summed E-state index contributed by atoms with van der Waals surface area (Å²) < 4.78 is 5.41. The molecule has 0 atom stereocenters. The second-order valence-electron chi connectivity index (χ2n) is 6.21. The number of ether oxygens (including phenoxy) is 1. The molecule has 0 unspecified atom stereocenters. The third kappa shape index (κ3) is 3.96. The number of benzene rings is 4. The smallest absolute Gasteiger partial charge is 0.336 e. The molecule has 27 heavy (non-hydrogen) atoms. The first-order valence-corrected chi connectivity index (χ1v) is 8.83.